The summed E-state index contributed by atoms with van der Waals surface area (Å²) in [6, 6.07) is 6.60. The Balaban J connectivity index is 2.50. The van der Waals surface area contributed by atoms with Crippen molar-refractivity contribution in [3.05, 3.63) is 29.8 Å². The smallest absolute Gasteiger partial charge is 0.237 e. The normalized spacial score (nSPS) is 13.7. The number of benzene rings is 1. The number of rotatable bonds is 7. The molecule has 0 spiro atoms. The van der Waals surface area contributed by atoms with E-state index < -0.39 is 12.1 Å². The topological polar surface area (TPSA) is 84.6 Å². The average Bonchev–Trinajstić information content (AvgIpc) is 2.44. The zero-order chi connectivity index (χ0) is 14.3. The highest BCUT2D eigenvalue weighted by Crippen LogP contribution is 2.18. The predicted molar refractivity (Wildman–Crippen MR) is 73.8 cm³/mol. The Bertz CT molecular complexity index is 409. The highest BCUT2D eigenvalue weighted by atomic mass is 16.5. The van der Waals surface area contributed by atoms with Gasteiger partial charge in [0, 0.05) is 6.54 Å². The molecule has 0 heterocycles. The van der Waals surface area contributed by atoms with E-state index in [1.54, 1.807) is 31.4 Å². The highest BCUT2D eigenvalue weighted by molar-refractivity contribution is 5.81. The molecule has 0 aliphatic heterocycles. The Hall–Kier alpha value is -1.59. The molecule has 0 radical (unpaired) electrons. The molecule has 1 rings (SSSR count). The lowest BCUT2D eigenvalue weighted by Gasteiger charge is -2.15. The number of amides is 1. The number of nitrogens with one attached hydrogen (secondary N) is 1. The number of hydrogen-bond donors (Lipinski definition) is 3. The molecule has 2 unspecified atom stereocenters. The first-order valence-electron chi connectivity index (χ1n) is 6.43. The largest absolute Gasteiger partial charge is 0.497 e. The second-order valence-electron chi connectivity index (χ2n) is 4.43. The van der Waals surface area contributed by atoms with Gasteiger partial charge in [0.2, 0.25) is 5.91 Å². The summed E-state index contributed by atoms with van der Waals surface area (Å²) in [7, 11) is 1.57. The van der Waals surface area contributed by atoms with Gasteiger partial charge in [-0.25, -0.2) is 0 Å². The molecule has 1 amide bonds. The monoisotopic (exact) mass is 266 g/mol. The lowest BCUT2D eigenvalue weighted by Crippen LogP contribution is -2.41. The third-order valence-electron chi connectivity index (χ3n) is 2.88. The number of aliphatic hydroxyl groups excluding tert-OH is 1. The molecule has 106 valence electrons. The third kappa shape index (κ3) is 4.89. The maximum Gasteiger partial charge on any atom is 0.237 e. The molecule has 5 heteroatoms. The molecule has 0 aliphatic rings. The first-order valence-corrected chi connectivity index (χ1v) is 6.43. The molecule has 1 aromatic carbocycles. The van der Waals surface area contributed by atoms with E-state index in [9.17, 15) is 9.90 Å². The summed E-state index contributed by atoms with van der Waals surface area (Å²) in [5.41, 5.74) is 6.38. The van der Waals surface area contributed by atoms with E-state index in [-0.39, 0.29) is 12.5 Å². The van der Waals surface area contributed by atoms with Crippen LogP contribution in [0.25, 0.3) is 0 Å². The van der Waals surface area contributed by atoms with Crippen molar-refractivity contribution in [2.75, 3.05) is 13.7 Å². The van der Waals surface area contributed by atoms with Crippen molar-refractivity contribution < 1.29 is 14.6 Å². The Labute approximate surface area is 113 Å². The van der Waals surface area contributed by atoms with Gasteiger partial charge >= 0.3 is 0 Å². The Kier molecular flexibility index (Phi) is 6.32. The minimum absolute atomic E-state index is 0.142. The van der Waals surface area contributed by atoms with Crippen LogP contribution in [0, 0.1) is 0 Å². The summed E-state index contributed by atoms with van der Waals surface area (Å²) in [5.74, 6) is 0.439. The number of carbonyl (C=O) groups is 1. The van der Waals surface area contributed by atoms with Crippen LogP contribution in [0.15, 0.2) is 24.3 Å². The zero-order valence-corrected chi connectivity index (χ0v) is 11.4. The molecule has 4 N–H and O–H groups in total. The van der Waals surface area contributed by atoms with E-state index in [4.69, 9.17) is 10.5 Å². The summed E-state index contributed by atoms with van der Waals surface area (Å²) < 4.78 is 5.08. The molecule has 5 nitrogen and oxygen atoms in total. The van der Waals surface area contributed by atoms with Crippen LogP contribution in [0.5, 0.6) is 5.75 Å². The molecule has 0 fully saturated rings. The highest BCUT2D eigenvalue weighted by Gasteiger charge is 2.14. The Morgan fingerprint density at radius 1 is 1.53 bits per heavy atom. The van der Waals surface area contributed by atoms with Crippen molar-refractivity contribution in [1.29, 1.82) is 0 Å². The predicted octanol–water partition coefficient (Wildman–Crippen LogP) is 0.972. The molecule has 2 atom stereocenters. The van der Waals surface area contributed by atoms with E-state index in [1.807, 2.05) is 6.92 Å². The number of ether oxygens (including phenoxy) is 1. The number of methoxy groups -OCH3 is 1. The molecular formula is C14H22N2O3. The van der Waals surface area contributed by atoms with Crippen molar-refractivity contribution in [3.63, 3.8) is 0 Å². The third-order valence-corrected chi connectivity index (χ3v) is 2.88. The standard InChI is InChI=1S/C14H22N2O3/c1-3-5-12(15)14(18)16-9-13(17)10-6-4-7-11(8-10)19-2/h4,6-8,12-13,17H,3,5,9,15H2,1-2H3,(H,16,18). The van der Waals surface area contributed by atoms with Crippen LogP contribution in [-0.4, -0.2) is 30.7 Å². The fourth-order valence-corrected chi connectivity index (χ4v) is 1.74. The summed E-state index contributed by atoms with van der Waals surface area (Å²) in [4.78, 5) is 11.6. The van der Waals surface area contributed by atoms with Gasteiger partial charge in [-0.3, -0.25) is 4.79 Å². The zero-order valence-electron chi connectivity index (χ0n) is 11.4. The summed E-state index contributed by atoms with van der Waals surface area (Å²) >= 11 is 0. The molecule has 19 heavy (non-hydrogen) atoms. The molecule has 0 saturated carbocycles. The molecular weight excluding hydrogens is 244 g/mol. The molecule has 0 aromatic heterocycles. The van der Waals surface area contributed by atoms with Crippen LogP contribution in [0.4, 0.5) is 0 Å². The van der Waals surface area contributed by atoms with Gasteiger partial charge in [-0.05, 0) is 24.1 Å². The Morgan fingerprint density at radius 3 is 2.89 bits per heavy atom. The number of carbonyl (C=O) groups excluding carboxylic acids is 1. The SMILES string of the molecule is CCCC(N)C(=O)NCC(O)c1cccc(OC)c1. The van der Waals surface area contributed by atoms with Crippen molar-refractivity contribution in [1.82, 2.24) is 5.32 Å². The first-order chi connectivity index (χ1) is 9.08. The van der Waals surface area contributed by atoms with Crippen molar-refractivity contribution in [2.45, 2.75) is 31.9 Å². The molecule has 0 bridgehead atoms. The first kappa shape index (κ1) is 15.5. The fraction of sp³-hybridized carbons (Fsp3) is 0.500. The minimum Gasteiger partial charge on any atom is -0.497 e. The van der Waals surface area contributed by atoms with Gasteiger partial charge in [0.1, 0.15) is 5.75 Å². The van der Waals surface area contributed by atoms with Gasteiger partial charge in [0.05, 0.1) is 19.3 Å². The summed E-state index contributed by atoms with van der Waals surface area (Å²) in [6.45, 7) is 2.11. The van der Waals surface area contributed by atoms with Crippen molar-refractivity contribution in [2.24, 2.45) is 5.73 Å². The van der Waals surface area contributed by atoms with Gasteiger partial charge in [-0.1, -0.05) is 25.5 Å². The van der Waals surface area contributed by atoms with Crippen LogP contribution in [0.1, 0.15) is 31.4 Å². The maximum absolute atomic E-state index is 11.6. The minimum atomic E-state index is -0.770. The van der Waals surface area contributed by atoms with Gasteiger partial charge in [0.25, 0.3) is 0 Å². The molecule has 1 aromatic rings. The van der Waals surface area contributed by atoms with E-state index in [0.717, 1.165) is 6.42 Å². The number of nitrogens with two attached hydrogens (primary N) is 1. The second-order valence-corrected chi connectivity index (χ2v) is 4.43. The lowest BCUT2D eigenvalue weighted by atomic mass is 10.1. The van der Waals surface area contributed by atoms with Gasteiger partial charge in [0.15, 0.2) is 0 Å². The van der Waals surface area contributed by atoms with Gasteiger partial charge in [-0.15, -0.1) is 0 Å². The van der Waals surface area contributed by atoms with Crippen LogP contribution in [-0.2, 0) is 4.79 Å². The average molecular weight is 266 g/mol. The van der Waals surface area contributed by atoms with Gasteiger partial charge < -0.3 is 20.9 Å². The fourth-order valence-electron chi connectivity index (χ4n) is 1.74. The number of hydrogen-bond acceptors (Lipinski definition) is 4. The van der Waals surface area contributed by atoms with E-state index in [1.165, 1.54) is 0 Å². The van der Waals surface area contributed by atoms with Crippen LogP contribution < -0.4 is 15.8 Å². The van der Waals surface area contributed by atoms with Crippen LogP contribution in [0.3, 0.4) is 0 Å². The van der Waals surface area contributed by atoms with E-state index in [2.05, 4.69) is 5.32 Å². The van der Waals surface area contributed by atoms with E-state index >= 15 is 0 Å². The number of aliphatic hydroxyl groups is 1. The molecule has 0 saturated heterocycles. The van der Waals surface area contributed by atoms with Crippen molar-refractivity contribution >= 4 is 5.91 Å². The van der Waals surface area contributed by atoms with Gasteiger partial charge in [-0.2, -0.15) is 0 Å². The van der Waals surface area contributed by atoms with Crippen molar-refractivity contribution in [3.8, 4) is 5.75 Å². The second kappa shape index (κ2) is 7.76. The summed E-state index contributed by atoms with van der Waals surface area (Å²) in [5, 5.41) is 12.6. The Morgan fingerprint density at radius 2 is 2.26 bits per heavy atom. The van der Waals surface area contributed by atoms with Crippen LogP contribution >= 0.6 is 0 Å². The summed E-state index contributed by atoms with van der Waals surface area (Å²) in [6.07, 6.45) is 0.724. The van der Waals surface area contributed by atoms with Crippen LogP contribution in [0.2, 0.25) is 0 Å². The maximum atomic E-state index is 11.6. The van der Waals surface area contributed by atoms with E-state index in [0.29, 0.717) is 17.7 Å². The molecule has 0 aliphatic carbocycles. The quantitative estimate of drug-likeness (QED) is 0.686. The lowest BCUT2D eigenvalue weighted by molar-refractivity contribution is -0.123.